The molecule has 1 aromatic heterocycles. The van der Waals surface area contributed by atoms with Gasteiger partial charge in [-0.25, -0.2) is 4.39 Å². The summed E-state index contributed by atoms with van der Waals surface area (Å²) in [5.41, 5.74) is 6.45. The van der Waals surface area contributed by atoms with E-state index in [1.54, 1.807) is 24.3 Å². The van der Waals surface area contributed by atoms with Gasteiger partial charge in [0.15, 0.2) is 0 Å². The number of nitrogens with two attached hydrogens (primary N) is 1. The number of aromatic nitrogens is 2. The van der Waals surface area contributed by atoms with Crippen molar-refractivity contribution in [3.63, 3.8) is 0 Å². The SMILES string of the molecule is CC(C)(CNc1ccc([C@@H](N)O)nn1)c1ccc(F)cc1. The van der Waals surface area contributed by atoms with Crippen LogP contribution in [0.4, 0.5) is 10.2 Å². The predicted molar refractivity (Wildman–Crippen MR) is 79.1 cm³/mol. The molecular weight excluding hydrogens is 271 g/mol. The van der Waals surface area contributed by atoms with Gasteiger partial charge in [0.25, 0.3) is 0 Å². The Bertz CT molecular complexity index is 582. The van der Waals surface area contributed by atoms with Crippen LogP contribution in [0.5, 0.6) is 0 Å². The molecule has 0 aliphatic rings. The maximum absolute atomic E-state index is 13.0. The van der Waals surface area contributed by atoms with Crippen molar-refractivity contribution < 1.29 is 9.50 Å². The Morgan fingerprint density at radius 1 is 1.19 bits per heavy atom. The van der Waals surface area contributed by atoms with Crippen LogP contribution in [0.2, 0.25) is 0 Å². The number of benzene rings is 1. The second kappa shape index (κ2) is 6.15. The van der Waals surface area contributed by atoms with Crippen molar-refractivity contribution in [2.24, 2.45) is 5.73 Å². The number of aliphatic hydroxyl groups is 1. The molecule has 6 heteroatoms. The highest BCUT2D eigenvalue weighted by Gasteiger charge is 2.20. The number of nitrogens with one attached hydrogen (secondary N) is 1. The number of hydrogen-bond donors (Lipinski definition) is 3. The summed E-state index contributed by atoms with van der Waals surface area (Å²) in [6.07, 6.45) is -1.12. The van der Waals surface area contributed by atoms with Crippen LogP contribution in [0, 0.1) is 5.82 Å². The molecular formula is C15H19FN4O. The molecule has 0 bridgehead atoms. The Balaban J connectivity index is 2.02. The fourth-order valence-corrected chi connectivity index (χ4v) is 1.91. The molecule has 0 fully saturated rings. The van der Waals surface area contributed by atoms with E-state index in [0.717, 1.165) is 5.56 Å². The Kier molecular flexibility index (Phi) is 4.50. The molecule has 0 saturated heterocycles. The standard InChI is InChI=1S/C15H19FN4O/c1-15(2,10-3-5-11(16)6-4-10)9-18-13-8-7-12(14(17)21)19-20-13/h3-8,14,21H,9,17H2,1-2H3,(H,18,20)/t14-/m0/s1. The van der Waals surface area contributed by atoms with Crippen molar-refractivity contribution in [3.05, 3.63) is 53.5 Å². The number of aliphatic hydroxyl groups excluding tert-OH is 1. The first kappa shape index (κ1) is 15.3. The summed E-state index contributed by atoms with van der Waals surface area (Å²) < 4.78 is 13.0. The van der Waals surface area contributed by atoms with E-state index in [1.807, 2.05) is 0 Å². The van der Waals surface area contributed by atoms with Gasteiger partial charge in [-0.2, -0.15) is 0 Å². The smallest absolute Gasteiger partial charge is 0.148 e. The van der Waals surface area contributed by atoms with Crippen LogP contribution >= 0.6 is 0 Å². The van der Waals surface area contributed by atoms with E-state index in [4.69, 9.17) is 10.8 Å². The van der Waals surface area contributed by atoms with Gasteiger partial charge in [0.2, 0.25) is 0 Å². The molecule has 0 radical (unpaired) electrons. The summed E-state index contributed by atoms with van der Waals surface area (Å²) in [5.74, 6) is 0.346. The number of nitrogens with zero attached hydrogens (tertiary/aromatic N) is 2. The minimum absolute atomic E-state index is 0.193. The molecule has 0 unspecified atom stereocenters. The number of hydrogen-bond acceptors (Lipinski definition) is 5. The minimum Gasteiger partial charge on any atom is -0.373 e. The lowest BCUT2D eigenvalue weighted by atomic mass is 9.84. The second-order valence-corrected chi connectivity index (χ2v) is 5.53. The largest absolute Gasteiger partial charge is 0.373 e. The summed E-state index contributed by atoms with van der Waals surface area (Å²) in [7, 11) is 0. The molecule has 0 aliphatic heterocycles. The first-order valence-electron chi connectivity index (χ1n) is 6.66. The highest BCUT2D eigenvalue weighted by atomic mass is 19.1. The van der Waals surface area contributed by atoms with E-state index in [-0.39, 0.29) is 11.2 Å². The van der Waals surface area contributed by atoms with Crippen LogP contribution in [0.25, 0.3) is 0 Å². The summed E-state index contributed by atoms with van der Waals surface area (Å²) in [4.78, 5) is 0. The van der Waals surface area contributed by atoms with E-state index in [2.05, 4.69) is 29.4 Å². The van der Waals surface area contributed by atoms with Gasteiger partial charge >= 0.3 is 0 Å². The van der Waals surface area contributed by atoms with Gasteiger partial charge in [-0.05, 0) is 29.8 Å². The third kappa shape index (κ3) is 3.96. The quantitative estimate of drug-likeness (QED) is 0.733. The Morgan fingerprint density at radius 2 is 1.86 bits per heavy atom. The summed E-state index contributed by atoms with van der Waals surface area (Å²) in [6, 6.07) is 9.78. The van der Waals surface area contributed by atoms with E-state index < -0.39 is 6.23 Å². The zero-order valence-corrected chi connectivity index (χ0v) is 12.0. The highest BCUT2D eigenvalue weighted by molar-refractivity contribution is 5.35. The summed E-state index contributed by atoms with van der Waals surface area (Å²) >= 11 is 0. The fraction of sp³-hybridized carbons (Fsp3) is 0.333. The molecule has 0 amide bonds. The topological polar surface area (TPSA) is 84.1 Å². The number of rotatable bonds is 5. The molecule has 0 spiro atoms. The summed E-state index contributed by atoms with van der Waals surface area (Å²) in [5, 5.41) is 20.1. The Hall–Kier alpha value is -2.05. The lowest BCUT2D eigenvalue weighted by Gasteiger charge is -2.25. The third-order valence-corrected chi connectivity index (χ3v) is 3.33. The van der Waals surface area contributed by atoms with Crippen LogP contribution in [0.15, 0.2) is 36.4 Å². The zero-order valence-electron chi connectivity index (χ0n) is 12.0. The first-order valence-corrected chi connectivity index (χ1v) is 6.66. The van der Waals surface area contributed by atoms with E-state index in [0.29, 0.717) is 18.1 Å². The van der Waals surface area contributed by atoms with Crippen LogP contribution in [-0.4, -0.2) is 21.8 Å². The van der Waals surface area contributed by atoms with Crippen molar-refractivity contribution in [2.45, 2.75) is 25.5 Å². The van der Waals surface area contributed by atoms with Gasteiger partial charge in [0, 0.05) is 12.0 Å². The van der Waals surface area contributed by atoms with Crippen molar-refractivity contribution in [1.29, 1.82) is 0 Å². The first-order chi connectivity index (χ1) is 9.88. The Morgan fingerprint density at radius 3 is 2.38 bits per heavy atom. The second-order valence-electron chi connectivity index (χ2n) is 5.53. The molecule has 21 heavy (non-hydrogen) atoms. The molecule has 0 saturated carbocycles. The molecule has 112 valence electrons. The number of halogens is 1. The van der Waals surface area contributed by atoms with E-state index in [9.17, 15) is 4.39 Å². The lowest BCUT2D eigenvalue weighted by Crippen LogP contribution is -2.28. The molecule has 4 N–H and O–H groups in total. The van der Waals surface area contributed by atoms with Crippen molar-refractivity contribution in [2.75, 3.05) is 11.9 Å². The molecule has 0 aliphatic carbocycles. The van der Waals surface area contributed by atoms with Crippen LogP contribution in [0.3, 0.4) is 0 Å². The van der Waals surface area contributed by atoms with Crippen molar-refractivity contribution in [3.8, 4) is 0 Å². The van der Waals surface area contributed by atoms with Crippen molar-refractivity contribution >= 4 is 5.82 Å². The van der Waals surface area contributed by atoms with Gasteiger partial charge in [-0.1, -0.05) is 26.0 Å². The van der Waals surface area contributed by atoms with Gasteiger partial charge in [0.1, 0.15) is 23.6 Å². The molecule has 1 heterocycles. The maximum Gasteiger partial charge on any atom is 0.148 e. The monoisotopic (exact) mass is 290 g/mol. The average molecular weight is 290 g/mol. The van der Waals surface area contributed by atoms with E-state index in [1.165, 1.54) is 12.1 Å². The third-order valence-electron chi connectivity index (χ3n) is 3.33. The van der Waals surface area contributed by atoms with Crippen molar-refractivity contribution in [1.82, 2.24) is 10.2 Å². The fourth-order valence-electron chi connectivity index (χ4n) is 1.91. The highest BCUT2D eigenvalue weighted by Crippen LogP contribution is 2.23. The molecule has 2 aromatic rings. The molecule has 5 nitrogen and oxygen atoms in total. The number of anilines is 1. The van der Waals surface area contributed by atoms with Crippen LogP contribution in [0.1, 0.15) is 31.3 Å². The molecule has 1 aromatic carbocycles. The molecule has 2 rings (SSSR count). The summed E-state index contributed by atoms with van der Waals surface area (Å²) in [6.45, 7) is 4.72. The van der Waals surface area contributed by atoms with E-state index >= 15 is 0 Å². The minimum atomic E-state index is -1.12. The van der Waals surface area contributed by atoms with Gasteiger partial charge < -0.3 is 16.2 Å². The molecule has 1 atom stereocenters. The van der Waals surface area contributed by atoms with Gasteiger partial charge in [-0.3, -0.25) is 0 Å². The average Bonchev–Trinajstić information content (AvgIpc) is 2.46. The van der Waals surface area contributed by atoms with Gasteiger partial charge in [0.05, 0.1) is 0 Å². The predicted octanol–water partition coefficient (Wildman–Crippen LogP) is 1.95. The zero-order chi connectivity index (χ0) is 15.5. The van der Waals surface area contributed by atoms with Crippen LogP contribution < -0.4 is 11.1 Å². The lowest BCUT2D eigenvalue weighted by molar-refractivity contribution is 0.180. The van der Waals surface area contributed by atoms with Gasteiger partial charge in [-0.15, -0.1) is 10.2 Å². The normalized spacial score (nSPS) is 13.0. The Labute approximate surface area is 123 Å². The maximum atomic E-state index is 13.0. The van der Waals surface area contributed by atoms with Crippen LogP contribution in [-0.2, 0) is 5.41 Å².